The number of hydrogen-bond donors (Lipinski definition) is 1. The minimum Gasteiger partial charge on any atom is -0.329 e. The van der Waals surface area contributed by atoms with Crippen molar-refractivity contribution in [1.82, 2.24) is 14.7 Å². The summed E-state index contributed by atoms with van der Waals surface area (Å²) in [6.07, 6.45) is 4.05. The lowest BCUT2D eigenvalue weighted by Crippen LogP contribution is -2.30. The van der Waals surface area contributed by atoms with Crippen LogP contribution in [0.25, 0.3) is 0 Å². The standard InChI is InChI=1S/C25H28N4O2/c1-28-23(26-24(30)21-14-8-9-15-21)16-22(27-28)25(31)29(17-19-10-4-2-5-11-19)18-20-12-6-3-7-13-20/h2-7,10-13,16,21H,8-9,14-15,17-18H2,1H3,(H,26,30). The number of anilines is 1. The number of benzene rings is 2. The van der Waals surface area contributed by atoms with Gasteiger partial charge in [0.25, 0.3) is 5.91 Å². The number of hydrogen-bond acceptors (Lipinski definition) is 3. The van der Waals surface area contributed by atoms with Gasteiger partial charge in [0.15, 0.2) is 5.69 Å². The zero-order chi connectivity index (χ0) is 21.6. The van der Waals surface area contributed by atoms with E-state index in [1.54, 1.807) is 22.7 Å². The fourth-order valence-electron chi connectivity index (χ4n) is 4.07. The van der Waals surface area contributed by atoms with Gasteiger partial charge in [-0.25, -0.2) is 0 Å². The molecule has 0 spiro atoms. The van der Waals surface area contributed by atoms with Gasteiger partial charge in [-0.05, 0) is 24.0 Å². The Balaban J connectivity index is 1.53. The number of rotatable bonds is 7. The first-order chi connectivity index (χ1) is 15.1. The number of carbonyl (C=O) groups is 2. The molecular formula is C25H28N4O2. The van der Waals surface area contributed by atoms with Crippen LogP contribution in [0.15, 0.2) is 66.7 Å². The first-order valence-corrected chi connectivity index (χ1v) is 10.8. The van der Waals surface area contributed by atoms with E-state index in [0.29, 0.717) is 24.6 Å². The predicted molar refractivity (Wildman–Crippen MR) is 120 cm³/mol. The fraction of sp³-hybridized carbons (Fsp3) is 0.320. The highest BCUT2D eigenvalue weighted by atomic mass is 16.2. The zero-order valence-electron chi connectivity index (χ0n) is 17.8. The van der Waals surface area contributed by atoms with E-state index in [9.17, 15) is 9.59 Å². The molecule has 6 heteroatoms. The molecule has 1 aromatic heterocycles. The molecule has 0 atom stereocenters. The molecule has 0 bridgehead atoms. The summed E-state index contributed by atoms with van der Waals surface area (Å²) in [7, 11) is 1.75. The fourth-order valence-corrected chi connectivity index (χ4v) is 4.07. The van der Waals surface area contributed by atoms with Crippen molar-refractivity contribution in [3.63, 3.8) is 0 Å². The highest BCUT2D eigenvalue weighted by Gasteiger charge is 2.25. The third-order valence-electron chi connectivity index (χ3n) is 5.80. The van der Waals surface area contributed by atoms with Crippen LogP contribution in [-0.2, 0) is 24.9 Å². The first-order valence-electron chi connectivity index (χ1n) is 10.8. The number of nitrogens with zero attached hydrogens (tertiary/aromatic N) is 3. The van der Waals surface area contributed by atoms with Crippen molar-refractivity contribution in [1.29, 1.82) is 0 Å². The third kappa shape index (κ3) is 5.20. The van der Waals surface area contributed by atoms with Crippen LogP contribution < -0.4 is 5.32 Å². The van der Waals surface area contributed by atoms with Gasteiger partial charge in [0.1, 0.15) is 5.82 Å². The zero-order valence-corrected chi connectivity index (χ0v) is 17.8. The molecule has 1 N–H and O–H groups in total. The molecule has 1 heterocycles. The molecule has 4 rings (SSSR count). The molecular weight excluding hydrogens is 388 g/mol. The highest BCUT2D eigenvalue weighted by Crippen LogP contribution is 2.26. The van der Waals surface area contributed by atoms with Crippen molar-refractivity contribution in [2.45, 2.75) is 38.8 Å². The summed E-state index contributed by atoms with van der Waals surface area (Å²) in [4.78, 5) is 27.7. The normalized spacial score (nSPS) is 13.8. The molecule has 0 saturated heterocycles. The number of nitrogens with one attached hydrogen (secondary N) is 1. The van der Waals surface area contributed by atoms with Crippen LogP contribution in [0, 0.1) is 5.92 Å². The second-order valence-electron chi connectivity index (χ2n) is 8.14. The van der Waals surface area contributed by atoms with Crippen LogP contribution in [-0.4, -0.2) is 26.5 Å². The van der Waals surface area contributed by atoms with Crippen molar-refractivity contribution in [2.75, 3.05) is 5.32 Å². The first kappa shape index (κ1) is 20.8. The molecule has 160 valence electrons. The Labute approximate surface area is 182 Å². The molecule has 1 fully saturated rings. The lowest BCUT2D eigenvalue weighted by molar-refractivity contribution is -0.119. The Kier molecular flexibility index (Phi) is 6.46. The van der Waals surface area contributed by atoms with E-state index in [4.69, 9.17) is 0 Å². The van der Waals surface area contributed by atoms with E-state index in [1.807, 2.05) is 60.7 Å². The Hall–Kier alpha value is -3.41. The molecule has 0 radical (unpaired) electrons. The summed E-state index contributed by atoms with van der Waals surface area (Å²) in [5, 5.41) is 7.36. The molecule has 6 nitrogen and oxygen atoms in total. The van der Waals surface area contributed by atoms with E-state index in [2.05, 4.69) is 10.4 Å². The van der Waals surface area contributed by atoms with Crippen molar-refractivity contribution < 1.29 is 9.59 Å². The van der Waals surface area contributed by atoms with Crippen molar-refractivity contribution >= 4 is 17.6 Å². The van der Waals surface area contributed by atoms with Gasteiger partial charge in [0.2, 0.25) is 5.91 Å². The van der Waals surface area contributed by atoms with Gasteiger partial charge in [0.05, 0.1) is 0 Å². The van der Waals surface area contributed by atoms with E-state index in [1.165, 1.54) is 0 Å². The minimum absolute atomic E-state index is 0.0185. The summed E-state index contributed by atoms with van der Waals surface area (Å²) < 4.78 is 1.57. The monoisotopic (exact) mass is 416 g/mol. The Morgan fingerprint density at radius 1 is 0.968 bits per heavy atom. The Morgan fingerprint density at radius 2 is 1.52 bits per heavy atom. The van der Waals surface area contributed by atoms with Gasteiger partial charge < -0.3 is 10.2 Å². The van der Waals surface area contributed by atoms with E-state index in [0.717, 1.165) is 36.8 Å². The van der Waals surface area contributed by atoms with Gasteiger partial charge in [-0.1, -0.05) is 73.5 Å². The van der Waals surface area contributed by atoms with Gasteiger partial charge in [-0.15, -0.1) is 0 Å². The van der Waals surface area contributed by atoms with Crippen LogP contribution in [0.2, 0.25) is 0 Å². The minimum atomic E-state index is -0.162. The number of carbonyl (C=O) groups excluding carboxylic acids is 2. The molecule has 1 aliphatic rings. The number of aryl methyl sites for hydroxylation is 1. The van der Waals surface area contributed by atoms with Gasteiger partial charge in [-0.2, -0.15) is 5.10 Å². The molecule has 2 aromatic carbocycles. The highest BCUT2D eigenvalue weighted by molar-refractivity contribution is 5.96. The SMILES string of the molecule is Cn1nc(C(=O)N(Cc2ccccc2)Cc2ccccc2)cc1NC(=O)C1CCCC1. The maximum Gasteiger partial charge on any atom is 0.275 e. The number of amides is 2. The molecule has 0 unspecified atom stereocenters. The molecule has 0 aliphatic heterocycles. The van der Waals surface area contributed by atoms with Crippen LogP contribution in [0.3, 0.4) is 0 Å². The maximum absolute atomic E-state index is 13.4. The topological polar surface area (TPSA) is 67.2 Å². The molecule has 31 heavy (non-hydrogen) atoms. The van der Waals surface area contributed by atoms with E-state index in [-0.39, 0.29) is 17.7 Å². The smallest absolute Gasteiger partial charge is 0.275 e. The summed E-state index contributed by atoms with van der Waals surface area (Å²) in [6.45, 7) is 0.962. The predicted octanol–water partition coefficient (Wildman–Crippen LogP) is 4.39. The lowest BCUT2D eigenvalue weighted by atomic mass is 10.1. The second-order valence-corrected chi connectivity index (χ2v) is 8.14. The molecule has 1 aliphatic carbocycles. The Morgan fingerprint density at radius 3 is 2.06 bits per heavy atom. The molecule has 3 aromatic rings. The van der Waals surface area contributed by atoms with Gasteiger partial charge in [0, 0.05) is 32.1 Å². The molecule has 1 saturated carbocycles. The van der Waals surface area contributed by atoms with Crippen molar-refractivity contribution in [3.8, 4) is 0 Å². The van der Waals surface area contributed by atoms with Crippen LogP contribution in [0.5, 0.6) is 0 Å². The van der Waals surface area contributed by atoms with Gasteiger partial charge >= 0.3 is 0 Å². The summed E-state index contributed by atoms with van der Waals surface area (Å²) in [5.74, 6) is 0.468. The summed E-state index contributed by atoms with van der Waals surface area (Å²) in [6, 6.07) is 21.5. The molecule has 2 amide bonds. The van der Waals surface area contributed by atoms with Crippen molar-refractivity contribution in [2.24, 2.45) is 13.0 Å². The lowest BCUT2D eigenvalue weighted by Gasteiger charge is -2.22. The van der Waals surface area contributed by atoms with Crippen LogP contribution in [0.4, 0.5) is 5.82 Å². The number of aromatic nitrogens is 2. The maximum atomic E-state index is 13.4. The van der Waals surface area contributed by atoms with Crippen LogP contribution in [0.1, 0.15) is 47.3 Å². The van der Waals surface area contributed by atoms with Crippen LogP contribution >= 0.6 is 0 Å². The summed E-state index contributed by atoms with van der Waals surface area (Å²) in [5.41, 5.74) is 2.44. The quantitative estimate of drug-likeness (QED) is 0.621. The average molecular weight is 417 g/mol. The largest absolute Gasteiger partial charge is 0.329 e. The third-order valence-corrected chi connectivity index (χ3v) is 5.80. The average Bonchev–Trinajstić information content (AvgIpc) is 3.45. The van der Waals surface area contributed by atoms with Crippen molar-refractivity contribution in [3.05, 3.63) is 83.6 Å². The van der Waals surface area contributed by atoms with Gasteiger partial charge in [-0.3, -0.25) is 14.3 Å². The second kappa shape index (κ2) is 9.60. The van der Waals surface area contributed by atoms with E-state index >= 15 is 0 Å². The summed E-state index contributed by atoms with van der Waals surface area (Å²) >= 11 is 0. The van der Waals surface area contributed by atoms with E-state index < -0.39 is 0 Å². The Bertz CT molecular complexity index is 983.